The van der Waals surface area contributed by atoms with E-state index in [1.54, 1.807) is 0 Å². The van der Waals surface area contributed by atoms with Crippen LogP contribution in [0.3, 0.4) is 0 Å². The van der Waals surface area contributed by atoms with Gasteiger partial charge in [-0.15, -0.1) is 0 Å². The summed E-state index contributed by atoms with van der Waals surface area (Å²) < 4.78 is 6.66. The number of hydrogen-bond donors (Lipinski definition) is 1. The number of methoxy groups -OCH3 is 1. The van der Waals surface area contributed by atoms with E-state index in [1.165, 1.54) is 33.2 Å². The van der Waals surface area contributed by atoms with Crippen LogP contribution in [-0.4, -0.2) is 27.3 Å². The number of benzene rings is 1. The van der Waals surface area contributed by atoms with Crippen molar-refractivity contribution in [3.05, 3.63) is 46.8 Å². The number of rotatable bonds is 3. The molecule has 128 valence electrons. The number of halogens is 1. The Hall–Kier alpha value is -2.17. The molecule has 1 atom stereocenters. The predicted octanol–water partition coefficient (Wildman–Crippen LogP) is 0.180. The molecule has 1 aromatic carbocycles. The summed E-state index contributed by atoms with van der Waals surface area (Å²) in [7, 11) is 2.53. The van der Waals surface area contributed by atoms with Crippen molar-refractivity contribution in [2.75, 3.05) is 7.11 Å². The summed E-state index contributed by atoms with van der Waals surface area (Å²) >= 11 is 1.84. The molecular weight excluding hydrogens is 431 g/mol. The molecule has 0 bridgehead atoms. The summed E-state index contributed by atoms with van der Waals surface area (Å²) in [6.07, 6.45) is 0. The second-order valence-electron chi connectivity index (χ2n) is 5.30. The lowest BCUT2D eigenvalue weighted by Crippen LogP contribution is -2.42. The third kappa shape index (κ3) is 2.95. The monoisotopic (exact) mass is 446 g/mol. The van der Waals surface area contributed by atoms with Gasteiger partial charge in [-0.05, 0) is 34.7 Å². The molecule has 8 nitrogen and oxygen atoms in total. The van der Waals surface area contributed by atoms with Gasteiger partial charge in [0.05, 0.1) is 22.1 Å². The van der Waals surface area contributed by atoms with E-state index in [-0.39, 0.29) is 23.2 Å². The maximum absolute atomic E-state index is 12.8. The van der Waals surface area contributed by atoms with Gasteiger partial charge in [-0.25, -0.2) is 0 Å². The highest BCUT2D eigenvalue weighted by Gasteiger charge is 2.20. The molecule has 0 aliphatic heterocycles. The van der Waals surface area contributed by atoms with Gasteiger partial charge in [0.1, 0.15) is 11.1 Å². The Labute approximate surface area is 149 Å². The fourth-order valence-electron chi connectivity index (χ4n) is 2.36. The Bertz CT molecular complexity index is 1010. The Kier molecular flexibility index (Phi) is 5.11. The first kappa shape index (κ1) is 18.2. The summed E-state index contributed by atoms with van der Waals surface area (Å²) in [6.45, 7) is 1.15. The quantitative estimate of drug-likeness (QED) is 0.410. The predicted molar refractivity (Wildman–Crippen MR) is 95.3 cm³/mol. The number of hydrogen-bond acceptors (Lipinski definition) is 6. The number of fused-ring (bicyclic) bond motifs is 1. The number of nitrogens with zero attached hydrogens (tertiary/aromatic N) is 2. The van der Waals surface area contributed by atoms with E-state index in [9.17, 15) is 24.3 Å². The zero-order chi connectivity index (χ0) is 18.2. The number of esters is 1. The molecule has 1 heterocycles. The zero-order valence-corrected chi connectivity index (χ0v) is 15.4. The Balaban J connectivity index is 2.97. The van der Waals surface area contributed by atoms with E-state index < -0.39 is 28.6 Å². The van der Waals surface area contributed by atoms with Gasteiger partial charge in [0.15, 0.2) is 0 Å². The summed E-state index contributed by atoms with van der Waals surface area (Å²) in [5.74, 6) is -1.75. The number of ether oxygens (including phenoxy) is 1. The van der Waals surface area contributed by atoms with Crippen LogP contribution < -0.4 is 16.7 Å². The van der Waals surface area contributed by atoms with Gasteiger partial charge < -0.3 is 14.4 Å². The van der Waals surface area contributed by atoms with Crippen LogP contribution in [0.15, 0.2) is 26.5 Å². The van der Waals surface area contributed by atoms with E-state index in [2.05, 4.69) is 4.74 Å². The lowest BCUT2D eigenvalue weighted by Gasteiger charge is -2.09. The van der Waals surface area contributed by atoms with Crippen molar-refractivity contribution in [1.82, 2.24) is 9.13 Å². The maximum atomic E-state index is 12.8. The summed E-state index contributed by atoms with van der Waals surface area (Å²) in [5, 5.41) is 10.1. The van der Waals surface area contributed by atoms with Gasteiger partial charge in [0.2, 0.25) is 0 Å². The lowest BCUT2D eigenvalue weighted by molar-refractivity contribution is -0.145. The average molecular weight is 446 g/mol. The van der Waals surface area contributed by atoms with Crippen LogP contribution in [0, 0.1) is 9.49 Å². The molecule has 0 aliphatic carbocycles. The van der Waals surface area contributed by atoms with Crippen molar-refractivity contribution in [3.63, 3.8) is 0 Å². The number of carbonyl (C=O) groups excluding carboxylic acids is 1. The summed E-state index contributed by atoms with van der Waals surface area (Å²) in [4.78, 5) is 49.0. The minimum Gasteiger partial charge on any atom is -0.506 e. The van der Waals surface area contributed by atoms with Crippen molar-refractivity contribution in [2.24, 2.45) is 13.0 Å². The van der Waals surface area contributed by atoms with E-state index in [0.717, 1.165) is 4.57 Å². The molecule has 0 fully saturated rings. The molecule has 2 rings (SSSR count). The first-order valence-corrected chi connectivity index (χ1v) is 8.01. The highest BCUT2D eigenvalue weighted by atomic mass is 127. The molecule has 1 aromatic heterocycles. The average Bonchev–Trinajstić information content (AvgIpc) is 2.63. The van der Waals surface area contributed by atoms with Crippen molar-refractivity contribution in [3.8, 4) is 5.75 Å². The topological polar surface area (TPSA) is 108 Å². The van der Waals surface area contributed by atoms with Crippen LogP contribution >= 0.6 is 22.6 Å². The van der Waals surface area contributed by atoms with Crippen LogP contribution in [0.5, 0.6) is 5.75 Å². The van der Waals surface area contributed by atoms with Crippen molar-refractivity contribution in [1.29, 1.82) is 0 Å². The Morgan fingerprint density at radius 2 is 1.88 bits per heavy atom. The summed E-state index contributed by atoms with van der Waals surface area (Å²) in [6, 6.07) is 3.01. The van der Waals surface area contributed by atoms with Gasteiger partial charge in [-0.2, -0.15) is 0 Å². The minimum absolute atomic E-state index is 0.129. The maximum Gasteiger partial charge on any atom is 0.319 e. The fourth-order valence-corrected chi connectivity index (χ4v) is 2.81. The van der Waals surface area contributed by atoms with E-state index in [1.807, 2.05) is 22.6 Å². The molecule has 0 aliphatic rings. The standard InChI is InChI=1S/C15H15IN2O6/c1-7(15(23)24-3)6-18-12(20)10-9(5-4-8(16)11(10)19)17(2)13(21)14(18)22/h4-5,7,19H,6H2,1-3H3. The number of phenolic OH excluding ortho intramolecular Hbond substituents is 1. The lowest BCUT2D eigenvalue weighted by atomic mass is 10.2. The highest BCUT2D eigenvalue weighted by molar-refractivity contribution is 14.1. The molecule has 0 radical (unpaired) electrons. The molecule has 0 saturated carbocycles. The normalized spacial score (nSPS) is 12.2. The smallest absolute Gasteiger partial charge is 0.319 e. The van der Waals surface area contributed by atoms with Gasteiger partial charge in [0.25, 0.3) is 5.56 Å². The number of aryl methyl sites for hydroxylation is 1. The second-order valence-corrected chi connectivity index (χ2v) is 6.46. The largest absolute Gasteiger partial charge is 0.506 e. The van der Waals surface area contributed by atoms with Gasteiger partial charge in [0, 0.05) is 13.6 Å². The van der Waals surface area contributed by atoms with Crippen LogP contribution in [0.1, 0.15) is 6.92 Å². The molecular formula is C15H15IN2O6. The zero-order valence-electron chi connectivity index (χ0n) is 13.2. The third-order valence-corrected chi connectivity index (χ3v) is 4.59. The molecule has 0 spiro atoms. The number of carbonyl (C=O) groups is 1. The van der Waals surface area contributed by atoms with E-state index >= 15 is 0 Å². The fraction of sp³-hybridized carbons (Fsp3) is 0.333. The second kappa shape index (κ2) is 6.75. The summed E-state index contributed by atoms with van der Waals surface area (Å²) in [5.41, 5.74) is -2.70. The number of aromatic nitrogens is 2. The first-order valence-electron chi connectivity index (χ1n) is 6.93. The molecule has 0 amide bonds. The van der Waals surface area contributed by atoms with Gasteiger partial charge in [-0.3, -0.25) is 23.7 Å². The van der Waals surface area contributed by atoms with Crippen molar-refractivity contribution >= 4 is 39.5 Å². The van der Waals surface area contributed by atoms with Gasteiger partial charge in [-0.1, -0.05) is 6.92 Å². The van der Waals surface area contributed by atoms with E-state index in [0.29, 0.717) is 8.14 Å². The minimum atomic E-state index is -1.07. The Morgan fingerprint density at radius 1 is 1.25 bits per heavy atom. The van der Waals surface area contributed by atoms with Crippen LogP contribution in [0.25, 0.3) is 10.9 Å². The van der Waals surface area contributed by atoms with Crippen LogP contribution in [-0.2, 0) is 23.1 Å². The van der Waals surface area contributed by atoms with Crippen molar-refractivity contribution in [2.45, 2.75) is 13.5 Å². The number of phenols is 1. The molecule has 1 unspecified atom stereocenters. The molecule has 2 aromatic rings. The van der Waals surface area contributed by atoms with Crippen LogP contribution in [0.4, 0.5) is 0 Å². The van der Waals surface area contributed by atoms with Crippen molar-refractivity contribution < 1.29 is 14.6 Å². The van der Waals surface area contributed by atoms with Crippen LogP contribution in [0.2, 0.25) is 0 Å². The Morgan fingerprint density at radius 3 is 2.46 bits per heavy atom. The van der Waals surface area contributed by atoms with Gasteiger partial charge >= 0.3 is 17.1 Å². The third-order valence-electron chi connectivity index (χ3n) is 3.72. The number of aromatic hydroxyl groups is 1. The van der Waals surface area contributed by atoms with E-state index in [4.69, 9.17) is 0 Å². The SMILES string of the molecule is COC(=O)C(C)Cn1c(=O)c(=O)n(C)c2ccc(I)c(O)c2c1=O. The molecule has 0 saturated heterocycles. The molecule has 24 heavy (non-hydrogen) atoms. The molecule has 1 N–H and O–H groups in total. The molecule has 9 heteroatoms. The highest BCUT2D eigenvalue weighted by Crippen LogP contribution is 2.25. The first-order chi connectivity index (χ1) is 11.2.